The molecule has 1 aliphatic rings. The Morgan fingerprint density at radius 3 is 2.55 bits per heavy atom. The SMILES string of the molecule is C=CCCCc1cccc(C2(c3ccc(OC(F)F)cc3)N=C(N)N(C)C2=O)c1. The summed E-state index contributed by atoms with van der Waals surface area (Å²) in [4.78, 5) is 19.1. The van der Waals surface area contributed by atoms with Gasteiger partial charge in [0.05, 0.1) is 0 Å². The fourth-order valence-electron chi connectivity index (χ4n) is 3.46. The van der Waals surface area contributed by atoms with Crippen LogP contribution in [-0.2, 0) is 16.8 Å². The van der Waals surface area contributed by atoms with E-state index in [9.17, 15) is 13.6 Å². The first kappa shape index (κ1) is 20.5. The Kier molecular flexibility index (Phi) is 5.96. The van der Waals surface area contributed by atoms with E-state index in [1.165, 1.54) is 17.0 Å². The Labute approximate surface area is 168 Å². The summed E-state index contributed by atoms with van der Waals surface area (Å²) in [5.74, 6) is -0.200. The van der Waals surface area contributed by atoms with Gasteiger partial charge >= 0.3 is 6.61 Å². The number of carbonyl (C=O) groups is 1. The molecule has 1 aliphatic heterocycles. The lowest BCUT2D eigenvalue weighted by molar-refractivity contribution is -0.129. The number of aliphatic imine (C=N–C) groups is 1. The number of amides is 1. The number of hydrogen-bond donors (Lipinski definition) is 1. The number of nitrogens with zero attached hydrogens (tertiary/aromatic N) is 2. The van der Waals surface area contributed by atoms with Crippen LogP contribution in [0.3, 0.4) is 0 Å². The number of likely N-dealkylation sites (N-methyl/N-ethyl adjacent to an activating group) is 1. The average Bonchev–Trinajstić information content (AvgIpc) is 2.93. The molecule has 0 fully saturated rings. The molecule has 29 heavy (non-hydrogen) atoms. The predicted octanol–water partition coefficient (Wildman–Crippen LogP) is 3.83. The minimum absolute atomic E-state index is 0.00725. The van der Waals surface area contributed by atoms with Gasteiger partial charge in [0, 0.05) is 7.05 Å². The maximum atomic E-state index is 13.2. The first-order valence-electron chi connectivity index (χ1n) is 9.27. The minimum Gasteiger partial charge on any atom is -0.435 e. The summed E-state index contributed by atoms with van der Waals surface area (Å²) in [5, 5.41) is 0. The van der Waals surface area contributed by atoms with Gasteiger partial charge in [0.2, 0.25) is 0 Å². The number of halogens is 2. The second-order valence-corrected chi connectivity index (χ2v) is 6.83. The fourth-order valence-corrected chi connectivity index (χ4v) is 3.46. The van der Waals surface area contributed by atoms with Crippen LogP contribution in [-0.4, -0.2) is 30.4 Å². The molecule has 2 aromatic rings. The van der Waals surface area contributed by atoms with E-state index in [4.69, 9.17) is 5.73 Å². The van der Waals surface area contributed by atoms with Gasteiger partial charge in [-0.1, -0.05) is 42.5 Å². The molecule has 3 rings (SSSR count). The smallest absolute Gasteiger partial charge is 0.387 e. The van der Waals surface area contributed by atoms with Crippen molar-refractivity contribution < 1.29 is 18.3 Å². The molecule has 0 spiro atoms. The van der Waals surface area contributed by atoms with Crippen molar-refractivity contribution in [3.05, 3.63) is 77.9 Å². The highest BCUT2D eigenvalue weighted by molar-refractivity contribution is 6.08. The summed E-state index contributed by atoms with van der Waals surface area (Å²) in [7, 11) is 1.56. The number of alkyl halides is 2. The number of guanidine groups is 1. The van der Waals surface area contributed by atoms with E-state index in [0.29, 0.717) is 11.1 Å². The summed E-state index contributed by atoms with van der Waals surface area (Å²) in [6, 6.07) is 13.6. The molecule has 2 aromatic carbocycles. The molecule has 1 unspecified atom stereocenters. The molecule has 0 bridgehead atoms. The zero-order valence-corrected chi connectivity index (χ0v) is 16.1. The van der Waals surface area contributed by atoms with Crippen LogP contribution in [0, 0.1) is 0 Å². The van der Waals surface area contributed by atoms with Gasteiger partial charge in [0.25, 0.3) is 5.91 Å². The highest BCUT2D eigenvalue weighted by Crippen LogP contribution is 2.40. The monoisotopic (exact) mass is 399 g/mol. The number of aryl methyl sites for hydroxylation is 1. The van der Waals surface area contributed by atoms with E-state index in [2.05, 4.69) is 16.3 Å². The molecule has 1 amide bonds. The summed E-state index contributed by atoms with van der Waals surface area (Å²) >= 11 is 0. The first-order chi connectivity index (χ1) is 13.9. The van der Waals surface area contributed by atoms with Crippen LogP contribution in [0.2, 0.25) is 0 Å². The lowest BCUT2D eigenvalue weighted by atomic mass is 9.82. The molecule has 152 valence electrons. The maximum absolute atomic E-state index is 13.2. The van der Waals surface area contributed by atoms with Crippen molar-refractivity contribution in [2.75, 3.05) is 7.05 Å². The average molecular weight is 399 g/mol. The quantitative estimate of drug-likeness (QED) is 0.542. The predicted molar refractivity (Wildman–Crippen MR) is 108 cm³/mol. The number of unbranched alkanes of at least 4 members (excludes halogenated alkanes) is 1. The van der Waals surface area contributed by atoms with E-state index < -0.39 is 12.2 Å². The largest absolute Gasteiger partial charge is 0.435 e. The number of hydrogen-bond acceptors (Lipinski definition) is 4. The molecule has 0 aromatic heterocycles. The van der Waals surface area contributed by atoms with Crippen LogP contribution in [0.1, 0.15) is 29.5 Å². The normalized spacial score (nSPS) is 18.8. The number of nitrogens with two attached hydrogens (primary N) is 1. The van der Waals surface area contributed by atoms with Crippen LogP contribution < -0.4 is 10.5 Å². The molecule has 1 atom stereocenters. The van der Waals surface area contributed by atoms with E-state index in [0.717, 1.165) is 24.8 Å². The van der Waals surface area contributed by atoms with Gasteiger partial charge in [-0.05, 0) is 48.1 Å². The first-order valence-corrected chi connectivity index (χ1v) is 9.27. The van der Waals surface area contributed by atoms with Crippen molar-refractivity contribution in [3.8, 4) is 5.75 Å². The molecule has 0 radical (unpaired) electrons. The summed E-state index contributed by atoms with van der Waals surface area (Å²) in [6.07, 6.45) is 4.54. The van der Waals surface area contributed by atoms with Crippen molar-refractivity contribution in [1.82, 2.24) is 4.90 Å². The zero-order chi connectivity index (χ0) is 21.0. The van der Waals surface area contributed by atoms with Crippen molar-refractivity contribution in [3.63, 3.8) is 0 Å². The molecule has 1 heterocycles. The zero-order valence-electron chi connectivity index (χ0n) is 16.1. The molecular formula is C22H23F2N3O2. The number of rotatable bonds is 8. The van der Waals surface area contributed by atoms with Crippen LogP contribution in [0.25, 0.3) is 0 Å². The van der Waals surface area contributed by atoms with Crippen molar-refractivity contribution >= 4 is 11.9 Å². The molecule has 7 heteroatoms. The van der Waals surface area contributed by atoms with E-state index in [-0.39, 0.29) is 17.6 Å². The van der Waals surface area contributed by atoms with Crippen molar-refractivity contribution in [2.24, 2.45) is 10.7 Å². The lowest BCUT2D eigenvalue weighted by Gasteiger charge is -2.26. The summed E-state index contributed by atoms with van der Waals surface area (Å²) in [6.45, 7) is 0.814. The highest BCUT2D eigenvalue weighted by Gasteiger charge is 2.49. The third kappa shape index (κ3) is 3.99. The van der Waals surface area contributed by atoms with Crippen LogP contribution in [0.5, 0.6) is 5.75 Å². The van der Waals surface area contributed by atoms with Crippen LogP contribution in [0.4, 0.5) is 8.78 Å². The van der Waals surface area contributed by atoms with Gasteiger partial charge in [0.15, 0.2) is 11.5 Å². The van der Waals surface area contributed by atoms with Gasteiger partial charge in [-0.3, -0.25) is 9.69 Å². The van der Waals surface area contributed by atoms with E-state index in [1.807, 2.05) is 30.3 Å². The second kappa shape index (κ2) is 8.43. The Hall–Kier alpha value is -3.22. The Morgan fingerprint density at radius 2 is 1.97 bits per heavy atom. The minimum atomic E-state index is -2.92. The third-order valence-electron chi connectivity index (χ3n) is 4.96. The fraction of sp³-hybridized carbons (Fsp3) is 0.273. The van der Waals surface area contributed by atoms with Gasteiger partial charge in [-0.15, -0.1) is 6.58 Å². The summed E-state index contributed by atoms with van der Waals surface area (Å²) < 4.78 is 29.4. The number of benzene rings is 2. The Morgan fingerprint density at radius 1 is 1.24 bits per heavy atom. The lowest BCUT2D eigenvalue weighted by Crippen LogP contribution is -2.41. The molecule has 5 nitrogen and oxygen atoms in total. The Balaban J connectivity index is 2.06. The van der Waals surface area contributed by atoms with Gasteiger partial charge in [-0.25, -0.2) is 4.99 Å². The van der Waals surface area contributed by atoms with Crippen LogP contribution >= 0.6 is 0 Å². The maximum Gasteiger partial charge on any atom is 0.387 e. The van der Waals surface area contributed by atoms with Crippen LogP contribution in [0.15, 0.2) is 66.2 Å². The van der Waals surface area contributed by atoms with Crippen molar-refractivity contribution in [1.29, 1.82) is 0 Å². The van der Waals surface area contributed by atoms with Crippen molar-refractivity contribution in [2.45, 2.75) is 31.4 Å². The molecule has 0 aliphatic carbocycles. The molecule has 0 saturated heterocycles. The number of ether oxygens (including phenoxy) is 1. The van der Waals surface area contributed by atoms with Gasteiger partial charge in [0.1, 0.15) is 5.75 Å². The number of carbonyl (C=O) groups excluding carboxylic acids is 1. The van der Waals surface area contributed by atoms with E-state index >= 15 is 0 Å². The molecule has 0 saturated carbocycles. The summed E-state index contributed by atoms with van der Waals surface area (Å²) in [5.41, 5.74) is 6.88. The van der Waals surface area contributed by atoms with E-state index in [1.54, 1.807) is 19.2 Å². The second-order valence-electron chi connectivity index (χ2n) is 6.83. The number of allylic oxidation sites excluding steroid dienone is 1. The topological polar surface area (TPSA) is 67.9 Å². The standard InChI is InChI=1S/C22H23F2N3O2/c1-3-4-5-7-15-8-6-9-17(14-15)22(19(28)27(2)21(25)26-22)16-10-12-18(13-11-16)29-20(23)24/h3,6,8-14,20H,1,4-5,7H2,2H3,(H2,25,26). The van der Waals surface area contributed by atoms with Gasteiger partial charge < -0.3 is 10.5 Å². The molecule has 2 N–H and O–H groups in total. The highest BCUT2D eigenvalue weighted by atomic mass is 19.3. The van der Waals surface area contributed by atoms with Gasteiger partial charge in [-0.2, -0.15) is 8.78 Å². The third-order valence-corrected chi connectivity index (χ3v) is 4.96. The molecular weight excluding hydrogens is 376 g/mol. The Bertz CT molecular complexity index is 928.